The first-order valence-corrected chi connectivity index (χ1v) is 7.16. The van der Waals surface area contributed by atoms with Gasteiger partial charge in [0.2, 0.25) is 5.91 Å². The summed E-state index contributed by atoms with van der Waals surface area (Å²) in [4.78, 5) is 17.3. The molecule has 7 heteroatoms. The number of hydrogen-bond donors (Lipinski definition) is 1. The van der Waals surface area contributed by atoms with Gasteiger partial charge in [-0.2, -0.15) is 0 Å². The van der Waals surface area contributed by atoms with Gasteiger partial charge in [-0.05, 0) is 18.9 Å². The van der Waals surface area contributed by atoms with Gasteiger partial charge in [0.05, 0.1) is 4.70 Å². The maximum Gasteiger partial charge on any atom is 0.220 e. The van der Waals surface area contributed by atoms with Crippen LogP contribution in [0.3, 0.4) is 0 Å². The van der Waals surface area contributed by atoms with Crippen LogP contribution in [0.15, 0.2) is 12.1 Å². The van der Waals surface area contributed by atoms with Crippen molar-refractivity contribution in [2.75, 3.05) is 18.0 Å². The molecule has 0 radical (unpaired) electrons. The van der Waals surface area contributed by atoms with Crippen LogP contribution in [-0.4, -0.2) is 24.0 Å². The molecule has 1 aliphatic rings. The predicted molar refractivity (Wildman–Crippen MR) is 73.7 cm³/mol. The first kappa shape index (κ1) is 13.2. The van der Waals surface area contributed by atoms with E-state index in [1.54, 1.807) is 0 Å². The molecule has 1 aromatic carbocycles. The van der Waals surface area contributed by atoms with Crippen LogP contribution in [0.1, 0.15) is 12.8 Å². The van der Waals surface area contributed by atoms with E-state index in [2.05, 4.69) is 4.98 Å². The van der Waals surface area contributed by atoms with Crippen molar-refractivity contribution < 1.29 is 13.6 Å². The van der Waals surface area contributed by atoms with E-state index in [1.165, 1.54) is 17.4 Å². The Hall–Kier alpha value is -1.76. The van der Waals surface area contributed by atoms with Crippen LogP contribution in [0.5, 0.6) is 0 Å². The highest BCUT2D eigenvalue weighted by molar-refractivity contribution is 7.22. The Bertz CT molecular complexity index is 665. The Morgan fingerprint density at radius 2 is 2.05 bits per heavy atom. The van der Waals surface area contributed by atoms with Crippen molar-refractivity contribution in [1.29, 1.82) is 0 Å². The lowest BCUT2D eigenvalue weighted by Gasteiger charge is -2.30. The second-order valence-corrected chi connectivity index (χ2v) is 5.90. The largest absolute Gasteiger partial charge is 0.369 e. The number of nitrogens with zero attached hydrogens (tertiary/aromatic N) is 2. The minimum Gasteiger partial charge on any atom is -0.369 e. The molecular formula is C13H13F2N3OS. The summed E-state index contributed by atoms with van der Waals surface area (Å²) in [6.07, 6.45) is 1.34. The molecule has 0 unspecified atom stereocenters. The van der Waals surface area contributed by atoms with Gasteiger partial charge in [-0.1, -0.05) is 11.3 Å². The number of nitrogens with two attached hydrogens (primary N) is 1. The zero-order valence-electron chi connectivity index (χ0n) is 10.6. The summed E-state index contributed by atoms with van der Waals surface area (Å²) in [6.45, 7) is 1.30. The van der Waals surface area contributed by atoms with E-state index in [-0.39, 0.29) is 17.3 Å². The van der Waals surface area contributed by atoms with Crippen molar-refractivity contribution in [2.45, 2.75) is 12.8 Å². The number of rotatable bonds is 2. The van der Waals surface area contributed by atoms with Crippen molar-refractivity contribution in [2.24, 2.45) is 11.7 Å². The number of carbonyl (C=O) groups is 1. The zero-order valence-corrected chi connectivity index (χ0v) is 11.4. The number of aromatic nitrogens is 1. The molecule has 0 aliphatic carbocycles. The molecule has 1 aromatic heterocycles. The van der Waals surface area contributed by atoms with Gasteiger partial charge >= 0.3 is 0 Å². The standard InChI is InChI=1S/C13H13F2N3OS/c14-8-5-9(15)11-10(6-8)20-13(17-11)18-3-1-7(2-4-18)12(16)19/h5-7H,1-4H2,(H2,16,19). The van der Waals surface area contributed by atoms with Crippen molar-refractivity contribution in [1.82, 2.24) is 4.98 Å². The fourth-order valence-corrected chi connectivity index (χ4v) is 3.49. The monoisotopic (exact) mass is 297 g/mol. The van der Waals surface area contributed by atoms with E-state index < -0.39 is 11.6 Å². The summed E-state index contributed by atoms with van der Waals surface area (Å²) in [5, 5.41) is 0.660. The zero-order chi connectivity index (χ0) is 14.3. The molecule has 1 fully saturated rings. The van der Waals surface area contributed by atoms with Gasteiger partial charge in [0.25, 0.3) is 0 Å². The van der Waals surface area contributed by atoms with Gasteiger partial charge in [0, 0.05) is 25.1 Å². The van der Waals surface area contributed by atoms with Crippen LogP contribution in [0, 0.1) is 17.6 Å². The number of halogens is 2. The molecule has 1 aliphatic heterocycles. The summed E-state index contributed by atoms with van der Waals surface area (Å²) in [5.41, 5.74) is 5.48. The summed E-state index contributed by atoms with van der Waals surface area (Å²) in [5.74, 6) is -1.62. The normalized spacial score (nSPS) is 16.8. The topological polar surface area (TPSA) is 59.2 Å². The number of hydrogen-bond acceptors (Lipinski definition) is 4. The SMILES string of the molecule is NC(=O)C1CCN(c2nc3c(F)cc(F)cc3s2)CC1. The minimum atomic E-state index is -0.644. The van der Waals surface area contributed by atoms with Crippen molar-refractivity contribution in [3.63, 3.8) is 0 Å². The van der Waals surface area contributed by atoms with Crippen LogP contribution < -0.4 is 10.6 Å². The van der Waals surface area contributed by atoms with Crippen LogP contribution in [0.4, 0.5) is 13.9 Å². The fourth-order valence-electron chi connectivity index (χ4n) is 2.44. The van der Waals surface area contributed by atoms with Crippen LogP contribution in [0.25, 0.3) is 10.2 Å². The van der Waals surface area contributed by atoms with Gasteiger partial charge in [-0.15, -0.1) is 0 Å². The number of carbonyl (C=O) groups excluding carboxylic acids is 1. The van der Waals surface area contributed by atoms with Gasteiger partial charge in [-0.25, -0.2) is 13.8 Å². The summed E-state index contributed by atoms with van der Waals surface area (Å²) < 4.78 is 27.3. The number of piperidine rings is 1. The van der Waals surface area contributed by atoms with Crippen LogP contribution in [-0.2, 0) is 4.79 Å². The Balaban J connectivity index is 1.85. The van der Waals surface area contributed by atoms with E-state index in [4.69, 9.17) is 5.73 Å². The van der Waals surface area contributed by atoms with Crippen molar-refractivity contribution in [3.8, 4) is 0 Å². The molecule has 2 aromatic rings. The molecule has 106 valence electrons. The van der Waals surface area contributed by atoms with E-state index in [9.17, 15) is 13.6 Å². The average molecular weight is 297 g/mol. The average Bonchev–Trinajstić information content (AvgIpc) is 2.83. The van der Waals surface area contributed by atoms with E-state index in [0.29, 0.717) is 35.8 Å². The van der Waals surface area contributed by atoms with E-state index in [1.807, 2.05) is 4.90 Å². The lowest BCUT2D eigenvalue weighted by Crippen LogP contribution is -2.38. The summed E-state index contributed by atoms with van der Waals surface area (Å²) in [7, 11) is 0. The highest BCUT2D eigenvalue weighted by Gasteiger charge is 2.25. The lowest BCUT2D eigenvalue weighted by molar-refractivity contribution is -0.122. The molecule has 0 atom stereocenters. The highest BCUT2D eigenvalue weighted by atomic mass is 32.1. The van der Waals surface area contributed by atoms with Gasteiger partial charge < -0.3 is 10.6 Å². The molecule has 4 nitrogen and oxygen atoms in total. The molecule has 0 saturated carbocycles. The Kier molecular flexibility index (Phi) is 3.29. The van der Waals surface area contributed by atoms with E-state index in [0.717, 1.165) is 6.07 Å². The van der Waals surface area contributed by atoms with Gasteiger partial charge in [0.1, 0.15) is 11.3 Å². The Morgan fingerprint density at radius 1 is 1.35 bits per heavy atom. The number of benzene rings is 1. The van der Waals surface area contributed by atoms with Gasteiger partial charge in [-0.3, -0.25) is 4.79 Å². The summed E-state index contributed by atoms with van der Waals surface area (Å²) >= 11 is 1.26. The number of primary amides is 1. The Morgan fingerprint density at radius 3 is 2.70 bits per heavy atom. The first-order valence-electron chi connectivity index (χ1n) is 6.34. The third-order valence-electron chi connectivity index (χ3n) is 3.57. The smallest absolute Gasteiger partial charge is 0.220 e. The fraction of sp³-hybridized carbons (Fsp3) is 0.385. The maximum absolute atomic E-state index is 13.6. The third-order valence-corrected chi connectivity index (χ3v) is 4.63. The minimum absolute atomic E-state index is 0.102. The van der Waals surface area contributed by atoms with Crippen LogP contribution in [0.2, 0.25) is 0 Å². The molecular weight excluding hydrogens is 284 g/mol. The van der Waals surface area contributed by atoms with Gasteiger partial charge in [0.15, 0.2) is 10.9 Å². The van der Waals surface area contributed by atoms with Crippen molar-refractivity contribution in [3.05, 3.63) is 23.8 Å². The lowest BCUT2D eigenvalue weighted by atomic mass is 9.97. The summed E-state index contributed by atoms with van der Waals surface area (Å²) in [6, 6.07) is 2.13. The molecule has 0 bridgehead atoms. The Labute approximate surface area is 118 Å². The predicted octanol–water partition coefficient (Wildman–Crippen LogP) is 2.28. The van der Waals surface area contributed by atoms with E-state index >= 15 is 0 Å². The molecule has 2 heterocycles. The number of thiazole rings is 1. The molecule has 2 N–H and O–H groups in total. The first-order chi connectivity index (χ1) is 9.54. The van der Waals surface area contributed by atoms with Crippen molar-refractivity contribution >= 4 is 32.6 Å². The molecule has 0 spiro atoms. The third kappa shape index (κ3) is 2.33. The molecule has 3 rings (SSSR count). The second kappa shape index (κ2) is 4.97. The van der Waals surface area contributed by atoms with Crippen LogP contribution >= 0.6 is 11.3 Å². The maximum atomic E-state index is 13.6. The molecule has 20 heavy (non-hydrogen) atoms. The number of amides is 1. The molecule has 1 saturated heterocycles. The number of fused-ring (bicyclic) bond motifs is 1. The molecule has 1 amide bonds. The second-order valence-electron chi connectivity index (χ2n) is 4.89. The quantitative estimate of drug-likeness (QED) is 0.925. The highest BCUT2D eigenvalue weighted by Crippen LogP contribution is 2.33. The number of anilines is 1.